The average Bonchev–Trinajstić information content (AvgIpc) is 2.49. The Balaban J connectivity index is 2.21. The fraction of sp³-hybridized carbons (Fsp3) is 0. The molecule has 2 aromatic rings. The van der Waals surface area contributed by atoms with Gasteiger partial charge in [-0.1, -0.05) is 47.5 Å². The van der Waals surface area contributed by atoms with Crippen molar-refractivity contribution in [1.82, 2.24) is 0 Å². The highest BCUT2D eigenvalue weighted by Gasteiger charge is 2.39. The first-order chi connectivity index (χ1) is 10.0. The van der Waals surface area contributed by atoms with Crippen molar-refractivity contribution in [3.63, 3.8) is 0 Å². The first-order valence-electron chi connectivity index (χ1n) is 5.98. The Morgan fingerprint density at radius 2 is 1.43 bits per heavy atom. The van der Waals surface area contributed by atoms with Gasteiger partial charge in [0.05, 0.1) is 21.3 Å². The molecule has 0 atom stereocenters. The van der Waals surface area contributed by atoms with Crippen LogP contribution in [0.1, 0.15) is 20.7 Å². The molecule has 2 aromatic carbocycles. The standard InChI is InChI=1S/C15H7Cl2NO3/c16-10-6-3-7-11(12(10)17)18-14(20)9-5-2-1-4-8(9)13(19)15(18)21/h1-7H. The van der Waals surface area contributed by atoms with Crippen LogP contribution >= 0.6 is 23.2 Å². The molecule has 0 N–H and O–H groups in total. The molecule has 1 heterocycles. The van der Waals surface area contributed by atoms with Crippen molar-refractivity contribution in [2.24, 2.45) is 0 Å². The number of rotatable bonds is 1. The number of carbonyl (C=O) groups excluding carboxylic acids is 3. The van der Waals surface area contributed by atoms with E-state index in [0.717, 1.165) is 4.90 Å². The van der Waals surface area contributed by atoms with Crippen LogP contribution in [0.25, 0.3) is 0 Å². The SMILES string of the molecule is O=C1C(=O)N(c2cccc(Cl)c2Cl)C(=O)c2ccccc21. The lowest BCUT2D eigenvalue weighted by Gasteiger charge is -2.26. The number of fused-ring (bicyclic) bond motifs is 1. The van der Waals surface area contributed by atoms with Gasteiger partial charge in [-0.25, -0.2) is 4.90 Å². The van der Waals surface area contributed by atoms with Crippen molar-refractivity contribution in [2.45, 2.75) is 0 Å². The smallest absolute Gasteiger partial charge is 0.283 e. The quantitative estimate of drug-likeness (QED) is 0.598. The maximum absolute atomic E-state index is 12.5. The van der Waals surface area contributed by atoms with Gasteiger partial charge < -0.3 is 0 Å². The highest BCUT2D eigenvalue weighted by atomic mass is 35.5. The normalized spacial score (nSPS) is 14.4. The van der Waals surface area contributed by atoms with E-state index in [4.69, 9.17) is 23.2 Å². The summed E-state index contributed by atoms with van der Waals surface area (Å²) in [6.45, 7) is 0. The van der Waals surface area contributed by atoms with Crippen LogP contribution in [0.4, 0.5) is 5.69 Å². The zero-order valence-electron chi connectivity index (χ0n) is 10.5. The predicted octanol–water partition coefficient (Wildman–Crippen LogP) is 3.36. The third-order valence-corrected chi connectivity index (χ3v) is 3.98. The predicted molar refractivity (Wildman–Crippen MR) is 79.1 cm³/mol. The highest BCUT2D eigenvalue weighted by molar-refractivity contribution is 6.57. The summed E-state index contributed by atoms with van der Waals surface area (Å²) >= 11 is 11.9. The highest BCUT2D eigenvalue weighted by Crippen LogP contribution is 2.35. The molecule has 2 amide bonds. The van der Waals surface area contributed by atoms with Crippen molar-refractivity contribution in [3.8, 4) is 0 Å². The van der Waals surface area contributed by atoms with E-state index in [0.29, 0.717) is 0 Å². The summed E-state index contributed by atoms with van der Waals surface area (Å²) in [5.74, 6) is -2.29. The van der Waals surface area contributed by atoms with Crippen LogP contribution < -0.4 is 4.90 Å². The van der Waals surface area contributed by atoms with Gasteiger partial charge in [-0.15, -0.1) is 0 Å². The molecular formula is C15H7Cl2NO3. The van der Waals surface area contributed by atoms with E-state index in [1.165, 1.54) is 24.3 Å². The monoisotopic (exact) mass is 319 g/mol. The summed E-state index contributed by atoms with van der Waals surface area (Å²) in [6, 6.07) is 10.7. The van der Waals surface area contributed by atoms with E-state index in [9.17, 15) is 14.4 Å². The molecular weight excluding hydrogens is 313 g/mol. The molecule has 104 valence electrons. The Morgan fingerprint density at radius 1 is 0.762 bits per heavy atom. The van der Waals surface area contributed by atoms with Crippen LogP contribution in [0, 0.1) is 0 Å². The van der Waals surface area contributed by atoms with Gasteiger partial charge in [0.1, 0.15) is 0 Å². The van der Waals surface area contributed by atoms with Gasteiger partial charge in [0.15, 0.2) is 0 Å². The number of hydrogen-bond donors (Lipinski definition) is 0. The van der Waals surface area contributed by atoms with Crippen LogP contribution in [-0.4, -0.2) is 17.6 Å². The second-order valence-corrected chi connectivity index (χ2v) is 5.18. The fourth-order valence-electron chi connectivity index (χ4n) is 2.18. The van der Waals surface area contributed by atoms with E-state index in [1.807, 2.05) is 0 Å². The largest absolute Gasteiger partial charge is 0.306 e. The van der Waals surface area contributed by atoms with Crippen molar-refractivity contribution in [1.29, 1.82) is 0 Å². The molecule has 21 heavy (non-hydrogen) atoms. The van der Waals surface area contributed by atoms with Crippen molar-refractivity contribution < 1.29 is 14.4 Å². The van der Waals surface area contributed by atoms with E-state index in [2.05, 4.69) is 0 Å². The fourth-order valence-corrected chi connectivity index (χ4v) is 2.56. The third-order valence-electron chi connectivity index (χ3n) is 3.17. The van der Waals surface area contributed by atoms with E-state index in [1.54, 1.807) is 18.2 Å². The molecule has 1 aliphatic rings. The molecule has 0 aliphatic carbocycles. The van der Waals surface area contributed by atoms with Crippen LogP contribution in [0.5, 0.6) is 0 Å². The second kappa shape index (κ2) is 4.98. The first kappa shape index (κ1) is 13.8. The Morgan fingerprint density at radius 3 is 2.14 bits per heavy atom. The maximum atomic E-state index is 12.5. The van der Waals surface area contributed by atoms with Crippen LogP contribution in [0.15, 0.2) is 42.5 Å². The van der Waals surface area contributed by atoms with Gasteiger partial charge >= 0.3 is 5.91 Å². The molecule has 3 rings (SSSR count). The molecule has 0 aromatic heterocycles. The molecule has 0 spiro atoms. The molecule has 1 aliphatic heterocycles. The van der Waals surface area contributed by atoms with Crippen LogP contribution in [-0.2, 0) is 4.79 Å². The lowest BCUT2D eigenvalue weighted by Crippen LogP contribution is -2.46. The number of benzene rings is 2. The summed E-state index contributed by atoms with van der Waals surface area (Å²) in [4.78, 5) is 37.6. The zero-order valence-corrected chi connectivity index (χ0v) is 12.0. The minimum atomic E-state index is -0.942. The van der Waals surface area contributed by atoms with Gasteiger partial charge in [-0.05, 0) is 18.2 Å². The summed E-state index contributed by atoms with van der Waals surface area (Å²) in [7, 11) is 0. The summed E-state index contributed by atoms with van der Waals surface area (Å²) in [6.07, 6.45) is 0. The Labute approximate surface area is 129 Å². The molecule has 0 unspecified atom stereocenters. The van der Waals surface area contributed by atoms with Crippen molar-refractivity contribution in [3.05, 3.63) is 63.6 Å². The number of Topliss-reactive ketones (excluding diaryl/α,β-unsaturated/α-hetero) is 1. The van der Waals surface area contributed by atoms with Gasteiger partial charge in [0.25, 0.3) is 11.7 Å². The number of amides is 2. The maximum Gasteiger partial charge on any atom is 0.306 e. The third kappa shape index (κ3) is 2.04. The Hall–Kier alpha value is -2.17. The average molecular weight is 320 g/mol. The van der Waals surface area contributed by atoms with Gasteiger partial charge in [-0.2, -0.15) is 0 Å². The minimum absolute atomic E-state index is 0.0491. The molecule has 0 radical (unpaired) electrons. The minimum Gasteiger partial charge on any atom is -0.283 e. The second-order valence-electron chi connectivity index (χ2n) is 4.39. The zero-order chi connectivity index (χ0) is 15.1. The number of nitrogens with zero attached hydrogens (tertiary/aromatic N) is 1. The van der Waals surface area contributed by atoms with E-state index >= 15 is 0 Å². The summed E-state index contributed by atoms with van der Waals surface area (Å²) < 4.78 is 0. The van der Waals surface area contributed by atoms with E-state index in [-0.39, 0.29) is 26.9 Å². The topological polar surface area (TPSA) is 54.5 Å². The van der Waals surface area contributed by atoms with Crippen molar-refractivity contribution in [2.75, 3.05) is 4.90 Å². The Bertz CT molecular complexity index is 801. The summed E-state index contributed by atoms with van der Waals surface area (Å²) in [5, 5.41) is 0.245. The number of imide groups is 1. The van der Waals surface area contributed by atoms with Gasteiger partial charge in [0, 0.05) is 5.56 Å². The van der Waals surface area contributed by atoms with Gasteiger partial charge in [0.2, 0.25) is 0 Å². The summed E-state index contributed by atoms with van der Waals surface area (Å²) in [5.41, 5.74) is 0.363. The number of ketones is 1. The first-order valence-corrected chi connectivity index (χ1v) is 6.74. The van der Waals surface area contributed by atoms with Gasteiger partial charge in [-0.3, -0.25) is 14.4 Å². The van der Waals surface area contributed by atoms with Crippen LogP contribution in [0.3, 0.4) is 0 Å². The molecule has 6 heteroatoms. The lowest BCUT2D eigenvalue weighted by molar-refractivity contribution is -0.114. The number of halogens is 2. The molecule has 0 saturated heterocycles. The molecule has 4 nitrogen and oxygen atoms in total. The molecule has 0 saturated carbocycles. The van der Waals surface area contributed by atoms with E-state index < -0.39 is 17.6 Å². The molecule has 0 fully saturated rings. The van der Waals surface area contributed by atoms with Crippen LogP contribution in [0.2, 0.25) is 10.0 Å². The lowest BCUT2D eigenvalue weighted by atomic mass is 9.97. The number of carbonyl (C=O) groups is 3. The number of hydrogen-bond acceptors (Lipinski definition) is 3. The number of anilines is 1. The van der Waals surface area contributed by atoms with Crippen molar-refractivity contribution >= 4 is 46.5 Å². The molecule has 0 bridgehead atoms. The Kier molecular flexibility index (Phi) is 3.27.